The van der Waals surface area contributed by atoms with Gasteiger partial charge in [-0.2, -0.15) is 0 Å². The number of carboxylic acid groups (broad SMARTS) is 1. The Morgan fingerprint density at radius 1 is 0.929 bits per heavy atom. The SMILES string of the molecule is O=C(O)c1cccc(-c2cccc(-c3cc(=O)cc(N4CCOCC4)s3)c2)c1. The van der Waals surface area contributed by atoms with E-state index in [1.165, 1.54) is 0 Å². The Bertz CT molecular complexity index is 1070. The largest absolute Gasteiger partial charge is 0.478 e. The zero-order chi connectivity index (χ0) is 19.5. The first-order chi connectivity index (χ1) is 13.6. The molecule has 6 heteroatoms. The van der Waals surface area contributed by atoms with Crippen LogP contribution in [0.1, 0.15) is 10.4 Å². The smallest absolute Gasteiger partial charge is 0.335 e. The maximum atomic E-state index is 12.3. The molecule has 3 aromatic rings. The van der Waals surface area contributed by atoms with Crippen LogP contribution in [-0.4, -0.2) is 37.4 Å². The topological polar surface area (TPSA) is 66.8 Å². The first-order valence-corrected chi connectivity index (χ1v) is 9.84. The molecule has 0 spiro atoms. The second kappa shape index (κ2) is 7.96. The fourth-order valence-corrected chi connectivity index (χ4v) is 4.36. The van der Waals surface area contributed by atoms with E-state index >= 15 is 0 Å². The predicted molar refractivity (Wildman–Crippen MR) is 111 cm³/mol. The van der Waals surface area contributed by atoms with E-state index in [4.69, 9.17) is 4.74 Å². The number of anilines is 1. The summed E-state index contributed by atoms with van der Waals surface area (Å²) >= 11 is 1.58. The number of aromatic carboxylic acids is 1. The van der Waals surface area contributed by atoms with Gasteiger partial charge in [-0.1, -0.05) is 30.3 Å². The molecule has 2 aromatic carbocycles. The number of nitrogens with zero attached hydrogens (tertiary/aromatic N) is 1. The molecule has 1 saturated heterocycles. The van der Waals surface area contributed by atoms with Crippen LogP contribution in [0.5, 0.6) is 0 Å². The molecule has 4 rings (SSSR count). The van der Waals surface area contributed by atoms with Gasteiger partial charge in [-0.25, -0.2) is 4.79 Å². The normalized spacial score (nSPS) is 14.1. The lowest BCUT2D eigenvalue weighted by Crippen LogP contribution is -2.36. The van der Waals surface area contributed by atoms with Crippen molar-refractivity contribution in [2.24, 2.45) is 0 Å². The van der Waals surface area contributed by atoms with Crippen molar-refractivity contribution in [3.63, 3.8) is 0 Å². The molecule has 0 saturated carbocycles. The van der Waals surface area contributed by atoms with E-state index in [0.717, 1.165) is 39.7 Å². The molecule has 0 unspecified atom stereocenters. The predicted octanol–water partition coefficient (Wildman–Crippen LogP) is 3.98. The quantitative estimate of drug-likeness (QED) is 0.726. The first kappa shape index (κ1) is 18.4. The lowest BCUT2D eigenvalue weighted by atomic mass is 10.0. The zero-order valence-electron chi connectivity index (χ0n) is 15.1. The summed E-state index contributed by atoms with van der Waals surface area (Å²) in [7, 11) is 0. The summed E-state index contributed by atoms with van der Waals surface area (Å²) in [5, 5.41) is 10.2. The molecule has 0 bridgehead atoms. The molecule has 0 atom stereocenters. The number of hydrogen-bond donors (Lipinski definition) is 1. The van der Waals surface area contributed by atoms with E-state index in [0.29, 0.717) is 13.2 Å². The van der Waals surface area contributed by atoms with E-state index in [1.54, 1.807) is 41.7 Å². The van der Waals surface area contributed by atoms with Crippen LogP contribution in [0.15, 0.2) is 65.5 Å². The van der Waals surface area contributed by atoms with Gasteiger partial charge in [0, 0.05) is 30.1 Å². The molecular weight excluding hydrogens is 374 g/mol. The van der Waals surface area contributed by atoms with Gasteiger partial charge in [0.1, 0.15) is 0 Å². The van der Waals surface area contributed by atoms with Gasteiger partial charge in [-0.15, -0.1) is 11.3 Å². The maximum absolute atomic E-state index is 12.3. The Labute approximate surface area is 166 Å². The van der Waals surface area contributed by atoms with Crippen molar-refractivity contribution in [3.05, 3.63) is 76.5 Å². The lowest BCUT2D eigenvalue weighted by Gasteiger charge is -2.28. The van der Waals surface area contributed by atoms with Crippen LogP contribution < -0.4 is 10.3 Å². The average Bonchev–Trinajstić information content (AvgIpc) is 2.74. The van der Waals surface area contributed by atoms with Gasteiger partial charge in [-0.3, -0.25) is 4.79 Å². The number of rotatable bonds is 4. The standard InChI is InChI=1S/C22H19NO4S/c24-19-13-20(28-21(14-19)23-7-9-27-10-8-23)17-5-1-3-15(11-17)16-4-2-6-18(12-16)22(25)26/h1-6,11-14H,7-10H2,(H,25,26). The lowest BCUT2D eigenvalue weighted by molar-refractivity contribution is 0.0697. The highest BCUT2D eigenvalue weighted by molar-refractivity contribution is 7.19. The molecule has 1 aliphatic heterocycles. The van der Waals surface area contributed by atoms with Gasteiger partial charge in [-0.05, 0) is 34.9 Å². The third-order valence-electron chi connectivity index (χ3n) is 4.67. The summed E-state index contributed by atoms with van der Waals surface area (Å²) in [6.45, 7) is 2.89. The Morgan fingerprint density at radius 3 is 2.36 bits per heavy atom. The molecule has 0 aliphatic carbocycles. The minimum atomic E-state index is -0.950. The van der Waals surface area contributed by atoms with Gasteiger partial charge in [0.05, 0.1) is 23.8 Å². The molecule has 1 N–H and O–H groups in total. The summed E-state index contributed by atoms with van der Waals surface area (Å²) in [5.74, 6) is -0.950. The molecule has 0 radical (unpaired) electrons. The third kappa shape index (κ3) is 3.98. The third-order valence-corrected chi connectivity index (χ3v) is 5.82. The molecule has 0 amide bonds. The number of benzene rings is 2. The van der Waals surface area contributed by atoms with Crippen molar-refractivity contribution in [2.45, 2.75) is 0 Å². The highest BCUT2D eigenvalue weighted by atomic mass is 32.1. The molecule has 1 aromatic heterocycles. The molecule has 28 heavy (non-hydrogen) atoms. The molecule has 5 nitrogen and oxygen atoms in total. The Hall–Kier alpha value is -2.96. The van der Waals surface area contributed by atoms with E-state index < -0.39 is 5.97 Å². The maximum Gasteiger partial charge on any atom is 0.335 e. The van der Waals surface area contributed by atoms with Gasteiger partial charge < -0.3 is 14.7 Å². The number of ether oxygens (including phenoxy) is 1. The van der Waals surface area contributed by atoms with Crippen LogP contribution >= 0.6 is 11.3 Å². The molecule has 142 valence electrons. The van der Waals surface area contributed by atoms with Crippen LogP contribution in [0, 0.1) is 0 Å². The summed E-state index contributed by atoms with van der Waals surface area (Å²) in [6.07, 6.45) is 0. The molecule has 2 heterocycles. The van der Waals surface area contributed by atoms with E-state index in [9.17, 15) is 14.7 Å². The van der Waals surface area contributed by atoms with Crippen molar-refractivity contribution in [1.29, 1.82) is 0 Å². The van der Waals surface area contributed by atoms with Crippen molar-refractivity contribution in [1.82, 2.24) is 0 Å². The number of morpholine rings is 1. The average molecular weight is 393 g/mol. The number of hydrogen-bond acceptors (Lipinski definition) is 5. The van der Waals surface area contributed by atoms with Crippen LogP contribution in [0.25, 0.3) is 21.6 Å². The fraction of sp³-hybridized carbons (Fsp3) is 0.182. The van der Waals surface area contributed by atoms with Crippen LogP contribution in [0.4, 0.5) is 5.00 Å². The Balaban J connectivity index is 1.72. The zero-order valence-corrected chi connectivity index (χ0v) is 15.9. The molecular formula is C22H19NO4S. The number of carbonyl (C=O) groups is 1. The second-order valence-electron chi connectivity index (χ2n) is 6.56. The van der Waals surface area contributed by atoms with E-state index in [-0.39, 0.29) is 11.0 Å². The van der Waals surface area contributed by atoms with Crippen molar-refractivity contribution in [2.75, 3.05) is 31.2 Å². The fourth-order valence-electron chi connectivity index (χ4n) is 3.23. The van der Waals surface area contributed by atoms with E-state index in [2.05, 4.69) is 4.90 Å². The summed E-state index contributed by atoms with van der Waals surface area (Å²) < 4.78 is 5.40. The van der Waals surface area contributed by atoms with Gasteiger partial charge in [0.15, 0.2) is 5.43 Å². The minimum absolute atomic E-state index is 0.0199. The van der Waals surface area contributed by atoms with Crippen molar-refractivity contribution < 1.29 is 14.6 Å². The Morgan fingerprint density at radius 2 is 1.61 bits per heavy atom. The van der Waals surface area contributed by atoms with Crippen LogP contribution in [0.2, 0.25) is 0 Å². The van der Waals surface area contributed by atoms with Crippen LogP contribution in [-0.2, 0) is 4.74 Å². The summed E-state index contributed by atoms with van der Waals surface area (Å²) in [5.41, 5.74) is 2.92. The van der Waals surface area contributed by atoms with Gasteiger partial charge in [0.25, 0.3) is 0 Å². The van der Waals surface area contributed by atoms with Crippen molar-refractivity contribution in [3.8, 4) is 21.6 Å². The monoisotopic (exact) mass is 393 g/mol. The van der Waals surface area contributed by atoms with Crippen molar-refractivity contribution >= 4 is 22.3 Å². The summed E-state index contributed by atoms with van der Waals surface area (Å²) in [4.78, 5) is 26.6. The first-order valence-electron chi connectivity index (χ1n) is 9.02. The van der Waals surface area contributed by atoms with Crippen LogP contribution in [0.3, 0.4) is 0 Å². The summed E-state index contributed by atoms with van der Waals surface area (Å²) in [6, 6.07) is 18.0. The minimum Gasteiger partial charge on any atom is -0.478 e. The second-order valence-corrected chi connectivity index (χ2v) is 7.62. The van der Waals surface area contributed by atoms with E-state index in [1.807, 2.05) is 30.3 Å². The Kier molecular flexibility index (Phi) is 5.23. The number of carboxylic acids is 1. The molecule has 1 aliphatic rings. The molecule has 1 fully saturated rings. The van der Waals surface area contributed by atoms with Gasteiger partial charge >= 0.3 is 5.97 Å². The highest BCUT2D eigenvalue weighted by Gasteiger charge is 2.14. The highest BCUT2D eigenvalue weighted by Crippen LogP contribution is 2.32. The van der Waals surface area contributed by atoms with Gasteiger partial charge in [0.2, 0.25) is 0 Å².